The van der Waals surface area contributed by atoms with Gasteiger partial charge < -0.3 is 24.5 Å². The van der Waals surface area contributed by atoms with Crippen molar-refractivity contribution in [3.8, 4) is 5.75 Å². The minimum absolute atomic E-state index is 0.0258. The molecule has 4 aromatic rings. The van der Waals surface area contributed by atoms with Crippen LogP contribution in [0.2, 0.25) is 5.02 Å². The fourth-order valence-corrected chi connectivity index (χ4v) is 3.88. The van der Waals surface area contributed by atoms with Gasteiger partial charge in [-0.05, 0) is 43.3 Å². The van der Waals surface area contributed by atoms with Crippen molar-refractivity contribution in [2.45, 2.75) is 19.4 Å². The average molecular weight is 525 g/mol. The summed E-state index contributed by atoms with van der Waals surface area (Å²) in [6.07, 6.45) is 3.34. The number of rotatable bonds is 7. The highest BCUT2D eigenvalue weighted by atomic mass is 35.5. The number of carbonyl (C=O) groups is 1. The summed E-state index contributed by atoms with van der Waals surface area (Å²) in [6, 6.07) is 10.6. The van der Waals surface area contributed by atoms with Crippen LogP contribution in [0.25, 0.3) is 10.9 Å². The molecule has 0 saturated carbocycles. The van der Waals surface area contributed by atoms with Crippen LogP contribution in [-0.2, 0) is 4.74 Å². The number of ether oxygens (including phenoxy) is 2. The first-order chi connectivity index (χ1) is 17.9. The number of carbonyl (C=O) groups excluding carboxylic acids is 1. The van der Waals surface area contributed by atoms with Crippen molar-refractivity contribution in [2.75, 3.05) is 23.8 Å². The van der Waals surface area contributed by atoms with Gasteiger partial charge in [0.25, 0.3) is 0 Å². The number of furan rings is 1. The van der Waals surface area contributed by atoms with E-state index in [2.05, 4.69) is 31.1 Å². The van der Waals surface area contributed by atoms with Gasteiger partial charge in [-0.15, -0.1) is 0 Å². The van der Waals surface area contributed by atoms with Gasteiger partial charge in [0.05, 0.1) is 35.7 Å². The molecule has 1 fully saturated rings. The SMILES string of the molecule is Cc1ccc(/C=N/NC(=O)Nc2cc3c(Nc4ccc(F)c(Cl)c4)ncnc3cc2OC2CCOC2)o1. The summed E-state index contributed by atoms with van der Waals surface area (Å²) in [5, 5.41) is 10.4. The maximum Gasteiger partial charge on any atom is 0.339 e. The summed E-state index contributed by atoms with van der Waals surface area (Å²) in [7, 11) is 0. The lowest BCUT2D eigenvalue weighted by atomic mass is 10.1. The molecular formula is C25H22ClFN6O4. The van der Waals surface area contributed by atoms with Crippen LogP contribution in [0.15, 0.2) is 58.3 Å². The van der Waals surface area contributed by atoms with Gasteiger partial charge in [0.15, 0.2) is 0 Å². The van der Waals surface area contributed by atoms with Gasteiger partial charge in [0.2, 0.25) is 0 Å². The van der Waals surface area contributed by atoms with E-state index in [1.165, 1.54) is 30.7 Å². The molecular weight excluding hydrogens is 503 g/mol. The zero-order valence-electron chi connectivity index (χ0n) is 19.6. The van der Waals surface area contributed by atoms with Crippen LogP contribution < -0.4 is 20.8 Å². The third-order valence-corrected chi connectivity index (χ3v) is 5.76. The molecule has 3 heterocycles. The fraction of sp³-hybridized carbons (Fsp3) is 0.200. The van der Waals surface area contributed by atoms with Crippen molar-refractivity contribution < 1.29 is 23.1 Å². The van der Waals surface area contributed by atoms with Crippen LogP contribution in [0.5, 0.6) is 5.75 Å². The topological polar surface area (TPSA) is 123 Å². The van der Waals surface area contributed by atoms with E-state index < -0.39 is 11.8 Å². The summed E-state index contributed by atoms with van der Waals surface area (Å²) in [5.41, 5.74) is 3.88. The Morgan fingerprint density at radius 1 is 1.24 bits per heavy atom. The van der Waals surface area contributed by atoms with Gasteiger partial charge in [-0.1, -0.05) is 11.6 Å². The second-order valence-electron chi connectivity index (χ2n) is 8.22. The molecule has 12 heteroatoms. The number of nitrogens with one attached hydrogen (secondary N) is 3. The number of aryl methyl sites for hydroxylation is 1. The molecule has 1 aliphatic rings. The van der Waals surface area contributed by atoms with Crippen LogP contribution in [0.1, 0.15) is 17.9 Å². The molecule has 1 aliphatic heterocycles. The van der Waals surface area contributed by atoms with E-state index in [0.29, 0.717) is 52.8 Å². The summed E-state index contributed by atoms with van der Waals surface area (Å²) in [5.74, 6) is 1.55. The molecule has 0 spiro atoms. The lowest BCUT2D eigenvalue weighted by Gasteiger charge is -2.18. The molecule has 2 amide bonds. The number of hydrogen-bond donors (Lipinski definition) is 3. The molecule has 2 aromatic carbocycles. The maximum absolute atomic E-state index is 13.6. The molecule has 0 bridgehead atoms. The highest BCUT2D eigenvalue weighted by Gasteiger charge is 2.21. The first-order valence-corrected chi connectivity index (χ1v) is 11.7. The van der Waals surface area contributed by atoms with Crippen molar-refractivity contribution in [1.82, 2.24) is 15.4 Å². The van der Waals surface area contributed by atoms with Crippen LogP contribution >= 0.6 is 11.6 Å². The van der Waals surface area contributed by atoms with Crippen molar-refractivity contribution in [1.29, 1.82) is 0 Å². The van der Waals surface area contributed by atoms with Gasteiger partial charge in [-0.3, -0.25) is 0 Å². The maximum atomic E-state index is 13.6. The highest BCUT2D eigenvalue weighted by molar-refractivity contribution is 6.31. The molecule has 1 unspecified atom stereocenters. The highest BCUT2D eigenvalue weighted by Crippen LogP contribution is 2.35. The second-order valence-corrected chi connectivity index (χ2v) is 8.62. The van der Waals surface area contributed by atoms with Gasteiger partial charge in [-0.2, -0.15) is 5.10 Å². The number of urea groups is 1. The first-order valence-electron chi connectivity index (χ1n) is 11.4. The van der Waals surface area contributed by atoms with E-state index in [-0.39, 0.29) is 11.1 Å². The minimum Gasteiger partial charge on any atom is -0.486 e. The van der Waals surface area contributed by atoms with Crippen LogP contribution in [0.4, 0.5) is 26.4 Å². The third kappa shape index (κ3) is 5.96. The molecule has 10 nitrogen and oxygen atoms in total. The Kier molecular flexibility index (Phi) is 7.15. The Morgan fingerprint density at radius 3 is 2.89 bits per heavy atom. The van der Waals surface area contributed by atoms with Gasteiger partial charge in [0.1, 0.15) is 41.3 Å². The second kappa shape index (κ2) is 10.8. The zero-order chi connectivity index (χ0) is 25.8. The first kappa shape index (κ1) is 24.5. The number of hydrazone groups is 1. The summed E-state index contributed by atoms with van der Waals surface area (Å²) in [6.45, 7) is 2.85. The van der Waals surface area contributed by atoms with Gasteiger partial charge in [0, 0.05) is 23.6 Å². The monoisotopic (exact) mass is 524 g/mol. The van der Waals surface area contributed by atoms with Crippen molar-refractivity contribution in [2.24, 2.45) is 5.10 Å². The molecule has 37 heavy (non-hydrogen) atoms. The summed E-state index contributed by atoms with van der Waals surface area (Å²) < 4.78 is 30.5. The van der Waals surface area contributed by atoms with E-state index >= 15 is 0 Å². The lowest BCUT2D eigenvalue weighted by molar-refractivity contribution is 0.142. The Morgan fingerprint density at radius 2 is 2.14 bits per heavy atom. The zero-order valence-corrected chi connectivity index (χ0v) is 20.4. The Labute approximate surface area is 215 Å². The molecule has 0 aliphatic carbocycles. The summed E-state index contributed by atoms with van der Waals surface area (Å²) >= 11 is 5.92. The number of aromatic nitrogens is 2. The molecule has 5 rings (SSSR count). The van der Waals surface area contributed by atoms with Crippen LogP contribution in [0.3, 0.4) is 0 Å². The Bertz CT molecular complexity index is 1470. The quantitative estimate of drug-likeness (QED) is 0.219. The third-order valence-electron chi connectivity index (χ3n) is 5.47. The number of hydrogen-bond acceptors (Lipinski definition) is 8. The van der Waals surface area contributed by atoms with Crippen molar-refractivity contribution in [3.63, 3.8) is 0 Å². The predicted molar refractivity (Wildman–Crippen MR) is 137 cm³/mol. The largest absolute Gasteiger partial charge is 0.486 e. The number of halogens is 2. The van der Waals surface area contributed by atoms with Crippen molar-refractivity contribution >= 4 is 51.9 Å². The number of amides is 2. The van der Waals surface area contributed by atoms with Crippen LogP contribution in [0, 0.1) is 12.7 Å². The van der Waals surface area contributed by atoms with E-state index in [4.69, 9.17) is 25.5 Å². The smallest absolute Gasteiger partial charge is 0.339 e. The number of benzene rings is 2. The molecule has 2 aromatic heterocycles. The molecule has 0 radical (unpaired) electrons. The van der Waals surface area contributed by atoms with E-state index in [9.17, 15) is 9.18 Å². The number of nitrogens with zero attached hydrogens (tertiary/aromatic N) is 3. The van der Waals surface area contributed by atoms with Gasteiger partial charge in [-0.25, -0.2) is 24.6 Å². The standard InChI is InChI=1S/C25H22ClFN6O4/c1-14-2-4-16(36-14)11-30-33-25(34)32-22-9-18-21(10-23(22)37-17-6-7-35-12-17)28-13-29-24(18)31-15-3-5-20(27)19(26)8-15/h2-5,8-11,13,17H,6-7,12H2,1H3,(H,28,29,31)(H2,32,33,34)/b30-11+. The fourth-order valence-electron chi connectivity index (χ4n) is 3.70. The van der Waals surface area contributed by atoms with Gasteiger partial charge >= 0.3 is 6.03 Å². The van der Waals surface area contributed by atoms with E-state index in [0.717, 1.165) is 12.2 Å². The normalized spacial score (nSPS) is 15.3. The minimum atomic E-state index is -0.594. The molecule has 3 N–H and O–H groups in total. The van der Waals surface area contributed by atoms with E-state index in [1.54, 1.807) is 24.3 Å². The summed E-state index contributed by atoms with van der Waals surface area (Å²) in [4.78, 5) is 21.3. The Balaban J connectivity index is 1.43. The predicted octanol–water partition coefficient (Wildman–Crippen LogP) is 5.39. The lowest BCUT2D eigenvalue weighted by Crippen LogP contribution is -2.25. The number of fused-ring (bicyclic) bond motifs is 1. The molecule has 1 atom stereocenters. The number of anilines is 3. The Hall–Kier alpha value is -4.22. The molecule has 1 saturated heterocycles. The molecule has 190 valence electrons. The van der Waals surface area contributed by atoms with E-state index in [1.807, 2.05) is 6.92 Å². The van der Waals surface area contributed by atoms with Crippen LogP contribution in [-0.4, -0.2) is 41.5 Å². The van der Waals surface area contributed by atoms with Crippen molar-refractivity contribution in [3.05, 3.63) is 71.2 Å². The average Bonchev–Trinajstić information content (AvgIpc) is 3.54.